The second-order valence-electron chi connectivity index (χ2n) is 3.96. The number of hydrogen-bond acceptors (Lipinski definition) is 2. The molecule has 0 aliphatic carbocycles. The van der Waals surface area contributed by atoms with Gasteiger partial charge in [0, 0.05) is 6.42 Å². The Kier molecular flexibility index (Phi) is 5.44. The predicted molar refractivity (Wildman–Crippen MR) is 54.5 cm³/mol. The zero-order valence-corrected chi connectivity index (χ0v) is 8.93. The van der Waals surface area contributed by atoms with Crippen LogP contribution in [0.25, 0.3) is 0 Å². The Morgan fingerprint density at radius 1 is 1.54 bits per heavy atom. The highest BCUT2D eigenvalue weighted by atomic mass is 16.5. The van der Waals surface area contributed by atoms with Crippen LogP contribution < -0.4 is 0 Å². The maximum atomic E-state index is 11.0. The number of carbonyl (C=O) groups excluding carboxylic acids is 1. The van der Waals surface area contributed by atoms with Gasteiger partial charge in [0.1, 0.15) is 0 Å². The van der Waals surface area contributed by atoms with Gasteiger partial charge in [0.25, 0.3) is 0 Å². The van der Waals surface area contributed by atoms with E-state index < -0.39 is 0 Å². The molecule has 0 radical (unpaired) electrons. The first-order valence-electron chi connectivity index (χ1n) is 4.78. The highest BCUT2D eigenvalue weighted by Crippen LogP contribution is 2.26. The summed E-state index contributed by atoms with van der Waals surface area (Å²) < 4.78 is 4.85. The Hall–Kier alpha value is -0.790. The molecule has 0 heterocycles. The molecule has 0 rings (SSSR count). The van der Waals surface area contributed by atoms with E-state index in [9.17, 15) is 4.79 Å². The van der Waals surface area contributed by atoms with Gasteiger partial charge in [-0.2, -0.15) is 0 Å². The largest absolute Gasteiger partial charge is 0.466 e. The first-order chi connectivity index (χ1) is 6.02. The monoisotopic (exact) mass is 184 g/mol. The molecule has 0 N–H and O–H groups in total. The summed E-state index contributed by atoms with van der Waals surface area (Å²) >= 11 is 0. The van der Waals surface area contributed by atoms with Crippen molar-refractivity contribution in [3.63, 3.8) is 0 Å². The van der Waals surface area contributed by atoms with E-state index in [-0.39, 0.29) is 11.4 Å². The molecule has 0 spiro atoms. The lowest BCUT2D eigenvalue weighted by Crippen LogP contribution is -2.14. The average molecular weight is 184 g/mol. The average Bonchev–Trinajstić information content (AvgIpc) is 2.02. The van der Waals surface area contributed by atoms with Gasteiger partial charge in [0.05, 0.1) is 6.61 Å². The van der Waals surface area contributed by atoms with Crippen LogP contribution in [0.15, 0.2) is 12.7 Å². The highest BCUT2D eigenvalue weighted by molar-refractivity contribution is 5.69. The van der Waals surface area contributed by atoms with Gasteiger partial charge in [-0.05, 0) is 25.2 Å². The van der Waals surface area contributed by atoms with Crippen LogP contribution in [0.1, 0.15) is 40.0 Å². The van der Waals surface area contributed by atoms with Gasteiger partial charge in [0.2, 0.25) is 0 Å². The minimum Gasteiger partial charge on any atom is -0.466 e. The van der Waals surface area contributed by atoms with Crippen LogP contribution in [0.3, 0.4) is 0 Å². The Balaban J connectivity index is 3.73. The van der Waals surface area contributed by atoms with E-state index in [1.807, 2.05) is 13.0 Å². The second kappa shape index (κ2) is 5.79. The summed E-state index contributed by atoms with van der Waals surface area (Å²) in [7, 11) is 0. The van der Waals surface area contributed by atoms with Crippen LogP contribution in [-0.2, 0) is 9.53 Å². The van der Waals surface area contributed by atoms with Crippen LogP contribution >= 0.6 is 0 Å². The van der Waals surface area contributed by atoms with Gasteiger partial charge in [-0.25, -0.2) is 0 Å². The zero-order chi connectivity index (χ0) is 10.3. The van der Waals surface area contributed by atoms with Gasteiger partial charge in [-0.3, -0.25) is 4.79 Å². The van der Waals surface area contributed by atoms with E-state index in [0.29, 0.717) is 13.0 Å². The summed E-state index contributed by atoms with van der Waals surface area (Å²) in [5, 5.41) is 0. The van der Waals surface area contributed by atoms with Crippen molar-refractivity contribution < 1.29 is 9.53 Å². The summed E-state index contributed by atoms with van der Waals surface area (Å²) in [5.74, 6) is -0.0976. The minimum atomic E-state index is -0.0976. The molecule has 2 heteroatoms. The summed E-state index contributed by atoms with van der Waals surface area (Å²) in [5.41, 5.74) is 0.161. The molecule has 13 heavy (non-hydrogen) atoms. The lowest BCUT2D eigenvalue weighted by atomic mass is 9.84. The topological polar surface area (TPSA) is 26.3 Å². The molecule has 0 aliphatic heterocycles. The molecule has 0 aromatic heterocycles. The first-order valence-corrected chi connectivity index (χ1v) is 4.78. The zero-order valence-electron chi connectivity index (χ0n) is 8.93. The van der Waals surface area contributed by atoms with E-state index in [1.54, 1.807) is 0 Å². The van der Waals surface area contributed by atoms with Crippen molar-refractivity contribution in [1.29, 1.82) is 0 Å². The van der Waals surface area contributed by atoms with Crippen LogP contribution in [0, 0.1) is 5.41 Å². The third-order valence-electron chi connectivity index (χ3n) is 2.01. The molecule has 0 amide bonds. The third kappa shape index (κ3) is 6.38. The summed E-state index contributed by atoms with van der Waals surface area (Å²) in [6.45, 7) is 10.3. The fourth-order valence-corrected chi connectivity index (χ4v) is 1.17. The maximum Gasteiger partial charge on any atom is 0.305 e. The smallest absolute Gasteiger partial charge is 0.305 e. The molecule has 0 aromatic carbocycles. The van der Waals surface area contributed by atoms with Crippen molar-refractivity contribution in [3.8, 4) is 0 Å². The minimum absolute atomic E-state index is 0.0976. The molecule has 0 saturated carbocycles. The van der Waals surface area contributed by atoms with Gasteiger partial charge >= 0.3 is 5.97 Å². The van der Waals surface area contributed by atoms with Crippen molar-refractivity contribution in [1.82, 2.24) is 0 Å². The summed E-state index contributed by atoms with van der Waals surface area (Å²) in [4.78, 5) is 11.0. The molecular weight excluding hydrogens is 164 g/mol. The number of carbonyl (C=O) groups is 1. The fourth-order valence-electron chi connectivity index (χ4n) is 1.17. The van der Waals surface area contributed by atoms with Crippen LogP contribution in [0.5, 0.6) is 0 Å². The second-order valence-corrected chi connectivity index (χ2v) is 3.96. The SMILES string of the molecule is C=CCC(C)(C)CCC(=O)OCC. The van der Waals surface area contributed by atoms with Crippen LogP contribution in [0.4, 0.5) is 0 Å². The molecule has 2 nitrogen and oxygen atoms in total. The van der Waals surface area contributed by atoms with E-state index >= 15 is 0 Å². The van der Waals surface area contributed by atoms with Crippen molar-refractivity contribution in [2.75, 3.05) is 6.61 Å². The molecule has 0 aromatic rings. The normalized spacial score (nSPS) is 11.0. The van der Waals surface area contributed by atoms with Crippen LogP contribution in [0.2, 0.25) is 0 Å². The third-order valence-corrected chi connectivity index (χ3v) is 2.01. The highest BCUT2D eigenvalue weighted by Gasteiger charge is 2.17. The van der Waals surface area contributed by atoms with Crippen molar-refractivity contribution in [2.45, 2.75) is 40.0 Å². The van der Waals surface area contributed by atoms with E-state index in [2.05, 4.69) is 20.4 Å². The van der Waals surface area contributed by atoms with Gasteiger partial charge in [-0.1, -0.05) is 19.9 Å². The van der Waals surface area contributed by atoms with Crippen LogP contribution in [-0.4, -0.2) is 12.6 Å². The van der Waals surface area contributed by atoms with Gasteiger partial charge in [0.15, 0.2) is 0 Å². The number of hydrogen-bond donors (Lipinski definition) is 0. The molecule has 0 saturated heterocycles. The molecule has 0 bridgehead atoms. The summed E-state index contributed by atoms with van der Waals surface area (Å²) in [6.07, 6.45) is 4.20. The lowest BCUT2D eigenvalue weighted by Gasteiger charge is -2.21. The predicted octanol–water partition coefficient (Wildman–Crippen LogP) is 2.93. The molecular formula is C11H20O2. The molecule has 0 unspecified atom stereocenters. The summed E-state index contributed by atoms with van der Waals surface area (Å²) in [6, 6.07) is 0. The van der Waals surface area contributed by atoms with E-state index in [0.717, 1.165) is 12.8 Å². The van der Waals surface area contributed by atoms with Crippen molar-refractivity contribution in [3.05, 3.63) is 12.7 Å². The van der Waals surface area contributed by atoms with Crippen molar-refractivity contribution >= 4 is 5.97 Å². The molecule has 0 aliphatic rings. The Morgan fingerprint density at radius 2 is 2.15 bits per heavy atom. The number of allylic oxidation sites excluding steroid dienone is 1. The van der Waals surface area contributed by atoms with Crippen molar-refractivity contribution in [2.24, 2.45) is 5.41 Å². The quantitative estimate of drug-likeness (QED) is 0.468. The van der Waals surface area contributed by atoms with E-state index in [1.165, 1.54) is 0 Å². The Morgan fingerprint density at radius 3 is 2.62 bits per heavy atom. The maximum absolute atomic E-state index is 11.0. The standard InChI is InChI=1S/C11H20O2/c1-5-8-11(3,4)9-7-10(12)13-6-2/h5H,1,6-9H2,2-4H3. The molecule has 0 atom stereocenters. The van der Waals surface area contributed by atoms with Gasteiger partial charge in [-0.15, -0.1) is 6.58 Å². The number of ether oxygens (including phenoxy) is 1. The van der Waals surface area contributed by atoms with Gasteiger partial charge < -0.3 is 4.74 Å². The van der Waals surface area contributed by atoms with E-state index in [4.69, 9.17) is 4.74 Å². The first kappa shape index (κ1) is 12.2. The number of rotatable bonds is 6. The number of esters is 1. The Bertz CT molecular complexity index is 171. The lowest BCUT2D eigenvalue weighted by molar-refractivity contribution is -0.143. The fraction of sp³-hybridized carbons (Fsp3) is 0.727. The molecule has 76 valence electrons. The Labute approximate surface area is 81.0 Å². The molecule has 0 fully saturated rings.